The van der Waals surface area contributed by atoms with Crippen LogP contribution < -0.4 is 5.32 Å². The Morgan fingerprint density at radius 1 is 1.15 bits per heavy atom. The molecule has 0 saturated heterocycles. The lowest BCUT2D eigenvalue weighted by Crippen LogP contribution is -1.89. The number of anilines is 1. The zero-order valence-electron chi connectivity index (χ0n) is 8.54. The summed E-state index contributed by atoms with van der Waals surface area (Å²) in [6.45, 7) is 6.40. The van der Waals surface area contributed by atoms with Crippen LogP contribution in [0.25, 0.3) is 0 Å². The molecule has 0 saturated carbocycles. The van der Waals surface area contributed by atoms with Gasteiger partial charge in [0.25, 0.3) is 0 Å². The lowest BCUT2D eigenvalue weighted by Gasteiger charge is -2.06. The second kappa shape index (κ2) is 4.70. The van der Waals surface area contributed by atoms with Crippen molar-refractivity contribution in [2.24, 2.45) is 0 Å². The molecule has 0 amide bonds. The Morgan fingerprint density at radius 3 is 2.23 bits per heavy atom. The molecule has 0 fully saturated rings. The van der Waals surface area contributed by atoms with Gasteiger partial charge in [-0.3, -0.25) is 0 Å². The minimum absolute atomic E-state index is 0.607. The van der Waals surface area contributed by atoms with E-state index in [0.717, 1.165) is 5.69 Å². The first-order valence-corrected chi connectivity index (χ1v) is 4.71. The number of allylic oxidation sites excluding steroid dienone is 1. The SMILES string of the molecule is C/C=C\Nc1ccc(C(C)C)cc1. The van der Waals surface area contributed by atoms with Gasteiger partial charge in [-0.2, -0.15) is 0 Å². The molecule has 0 aliphatic heterocycles. The molecule has 0 heterocycles. The Labute approximate surface area is 80.5 Å². The topological polar surface area (TPSA) is 12.0 Å². The molecule has 0 aliphatic rings. The van der Waals surface area contributed by atoms with Crippen molar-refractivity contribution in [3.63, 3.8) is 0 Å². The smallest absolute Gasteiger partial charge is 0.0379 e. The highest BCUT2D eigenvalue weighted by atomic mass is 14.8. The molecule has 0 spiro atoms. The van der Waals surface area contributed by atoms with Crippen LogP contribution in [0.4, 0.5) is 5.69 Å². The van der Waals surface area contributed by atoms with Crippen molar-refractivity contribution >= 4 is 5.69 Å². The van der Waals surface area contributed by atoms with Crippen LogP contribution in [0.15, 0.2) is 36.5 Å². The molecular weight excluding hydrogens is 158 g/mol. The van der Waals surface area contributed by atoms with E-state index in [1.807, 2.05) is 19.2 Å². The summed E-state index contributed by atoms with van der Waals surface area (Å²) < 4.78 is 0. The van der Waals surface area contributed by atoms with Gasteiger partial charge in [0.05, 0.1) is 0 Å². The molecule has 1 N–H and O–H groups in total. The molecule has 0 radical (unpaired) electrons. The Balaban J connectivity index is 2.69. The normalized spacial score (nSPS) is 11.1. The summed E-state index contributed by atoms with van der Waals surface area (Å²) in [7, 11) is 0. The quantitative estimate of drug-likeness (QED) is 0.737. The van der Waals surface area contributed by atoms with Crippen molar-refractivity contribution in [3.05, 3.63) is 42.1 Å². The maximum Gasteiger partial charge on any atom is 0.0379 e. The summed E-state index contributed by atoms with van der Waals surface area (Å²) in [5.74, 6) is 0.607. The average Bonchev–Trinajstić information content (AvgIpc) is 2.15. The van der Waals surface area contributed by atoms with E-state index in [9.17, 15) is 0 Å². The van der Waals surface area contributed by atoms with Crippen molar-refractivity contribution in [2.75, 3.05) is 5.32 Å². The van der Waals surface area contributed by atoms with Crippen LogP contribution in [0, 0.1) is 0 Å². The van der Waals surface area contributed by atoms with E-state index >= 15 is 0 Å². The average molecular weight is 175 g/mol. The van der Waals surface area contributed by atoms with Gasteiger partial charge in [-0.15, -0.1) is 0 Å². The molecule has 0 aliphatic carbocycles. The molecule has 1 rings (SSSR count). The van der Waals surface area contributed by atoms with E-state index in [0.29, 0.717) is 5.92 Å². The molecule has 0 atom stereocenters. The molecular formula is C12H17N. The van der Waals surface area contributed by atoms with Gasteiger partial charge in [-0.1, -0.05) is 32.1 Å². The highest BCUT2D eigenvalue weighted by Gasteiger charge is 1.96. The number of nitrogens with one attached hydrogen (secondary N) is 1. The van der Waals surface area contributed by atoms with Gasteiger partial charge in [-0.25, -0.2) is 0 Å². The van der Waals surface area contributed by atoms with Gasteiger partial charge in [0.15, 0.2) is 0 Å². The van der Waals surface area contributed by atoms with Crippen LogP contribution in [-0.2, 0) is 0 Å². The Morgan fingerprint density at radius 2 is 1.77 bits per heavy atom. The second-order valence-corrected chi connectivity index (χ2v) is 3.42. The van der Waals surface area contributed by atoms with Crippen molar-refractivity contribution in [2.45, 2.75) is 26.7 Å². The van der Waals surface area contributed by atoms with Crippen LogP contribution in [0.5, 0.6) is 0 Å². The van der Waals surface area contributed by atoms with Crippen molar-refractivity contribution < 1.29 is 0 Å². The maximum atomic E-state index is 3.18. The first-order valence-electron chi connectivity index (χ1n) is 4.71. The predicted octanol–water partition coefficient (Wildman–Crippen LogP) is 3.76. The highest BCUT2D eigenvalue weighted by molar-refractivity contribution is 5.47. The highest BCUT2D eigenvalue weighted by Crippen LogP contribution is 2.16. The van der Waals surface area contributed by atoms with Gasteiger partial charge in [0.2, 0.25) is 0 Å². The van der Waals surface area contributed by atoms with Crippen molar-refractivity contribution in [1.29, 1.82) is 0 Å². The van der Waals surface area contributed by atoms with Crippen LogP contribution in [0.3, 0.4) is 0 Å². The molecule has 1 aromatic rings. The minimum Gasteiger partial charge on any atom is -0.362 e. The maximum absolute atomic E-state index is 3.18. The van der Waals surface area contributed by atoms with Crippen molar-refractivity contribution in [3.8, 4) is 0 Å². The minimum atomic E-state index is 0.607. The van der Waals surface area contributed by atoms with E-state index in [2.05, 4.69) is 43.4 Å². The molecule has 1 heteroatoms. The number of benzene rings is 1. The molecule has 0 unspecified atom stereocenters. The molecule has 1 aromatic carbocycles. The third kappa shape index (κ3) is 2.94. The fourth-order valence-electron chi connectivity index (χ4n) is 1.14. The van der Waals surface area contributed by atoms with E-state index in [4.69, 9.17) is 0 Å². The zero-order valence-corrected chi connectivity index (χ0v) is 8.54. The van der Waals surface area contributed by atoms with Gasteiger partial charge < -0.3 is 5.32 Å². The van der Waals surface area contributed by atoms with E-state index < -0.39 is 0 Å². The third-order valence-corrected chi connectivity index (χ3v) is 1.99. The van der Waals surface area contributed by atoms with Gasteiger partial charge in [-0.05, 0) is 36.7 Å². The number of hydrogen-bond donors (Lipinski definition) is 1. The second-order valence-electron chi connectivity index (χ2n) is 3.42. The molecule has 13 heavy (non-hydrogen) atoms. The first-order chi connectivity index (χ1) is 6.24. The summed E-state index contributed by atoms with van der Waals surface area (Å²) in [6, 6.07) is 8.54. The number of rotatable bonds is 3. The Kier molecular flexibility index (Phi) is 3.56. The van der Waals surface area contributed by atoms with Gasteiger partial charge in [0, 0.05) is 5.69 Å². The van der Waals surface area contributed by atoms with E-state index in [1.165, 1.54) is 5.56 Å². The fraction of sp³-hybridized carbons (Fsp3) is 0.333. The van der Waals surface area contributed by atoms with Crippen molar-refractivity contribution in [1.82, 2.24) is 0 Å². The standard InChI is InChI=1S/C12H17N/c1-4-9-13-12-7-5-11(6-8-12)10(2)3/h4-10,13H,1-3H3/b9-4-. The van der Waals surface area contributed by atoms with Crippen LogP contribution in [0.2, 0.25) is 0 Å². The summed E-state index contributed by atoms with van der Waals surface area (Å²) in [5.41, 5.74) is 2.52. The molecule has 0 bridgehead atoms. The Bertz CT molecular complexity index is 270. The molecule has 0 aromatic heterocycles. The predicted molar refractivity (Wildman–Crippen MR) is 59.0 cm³/mol. The summed E-state index contributed by atoms with van der Waals surface area (Å²) >= 11 is 0. The van der Waals surface area contributed by atoms with Crippen LogP contribution in [-0.4, -0.2) is 0 Å². The summed E-state index contributed by atoms with van der Waals surface area (Å²) in [5, 5.41) is 3.18. The Hall–Kier alpha value is -1.24. The molecule has 70 valence electrons. The number of hydrogen-bond acceptors (Lipinski definition) is 1. The monoisotopic (exact) mass is 175 g/mol. The summed E-state index contributed by atoms with van der Waals surface area (Å²) in [6.07, 6.45) is 3.92. The zero-order chi connectivity index (χ0) is 9.68. The lowest BCUT2D eigenvalue weighted by atomic mass is 10.0. The summed E-state index contributed by atoms with van der Waals surface area (Å²) in [4.78, 5) is 0. The third-order valence-electron chi connectivity index (χ3n) is 1.99. The lowest BCUT2D eigenvalue weighted by molar-refractivity contribution is 0.867. The van der Waals surface area contributed by atoms with Crippen LogP contribution >= 0.6 is 0 Å². The fourth-order valence-corrected chi connectivity index (χ4v) is 1.14. The van der Waals surface area contributed by atoms with E-state index in [-0.39, 0.29) is 0 Å². The van der Waals surface area contributed by atoms with Gasteiger partial charge in [0.1, 0.15) is 0 Å². The largest absolute Gasteiger partial charge is 0.362 e. The van der Waals surface area contributed by atoms with Crippen LogP contribution in [0.1, 0.15) is 32.3 Å². The van der Waals surface area contributed by atoms with Gasteiger partial charge >= 0.3 is 0 Å². The van der Waals surface area contributed by atoms with E-state index in [1.54, 1.807) is 0 Å². The first kappa shape index (κ1) is 9.85. The molecule has 1 nitrogen and oxygen atoms in total.